The van der Waals surface area contributed by atoms with Crippen LogP contribution in [0.25, 0.3) is 0 Å². The number of carbonyl (C=O) groups is 1. The van der Waals surface area contributed by atoms with Crippen LogP contribution in [-0.2, 0) is 21.0 Å². The number of carbonyl (C=O) groups excluding carboxylic acids is 1. The van der Waals surface area contributed by atoms with Crippen molar-refractivity contribution in [1.29, 1.82) is 0 Å². The molecule has 14 heteroatoms. The van der Waals surface area contributed by atoms with Gasteiger partial charge >= 0.3 is 6.18 Å². The molecule has 1 atom stereocenters. The number of hydrogen-bond donors (Lipinski definition) is 1. The van der Waals surface area contributed by atoms with Gasteiger partial charge in [0.25, 0.3) is 15.9 Å². The SMILES string of the molecule is CC(Oc1ccc(F)c(C(F)(F)F)c1)C(=O)N1CCN(c2ccc(S(=O)(=O)Nc3ccncn3)cc2)CC1.[HH]. The third kappa shape index (κ3) is 6.30. The van der Waals surface area contributed by atoms with E-state index in [9.17, 15) is 30.8 Å². The highest BCUT2D eigenvalue weighted by Gasteiger charge is 2.35. The van der Waals surface area contributed by atoms with Gasteiger partial charge in [-0.05, 0) is 55.5 Å². The molecule has 0 aliphatic carbocycles. The fraction of sp³-hybridized carbons (Fsp3) is 0.292. The lowest BCUT2D eigenvalue weighted by Gasteiger charge is -2.37. The first kappa shape index (κ1) is 27.1. The van der Waals surface area contributed by atoms with Gasteiger partial charge in [0.2, 0.25) is 0 Å². The van der Waals surface area contributed by atoms with E-state index in [2.05, 4.69) is 14.7 Å². The maximum atomic E-state index is 13.5. The predicted molar refractivity (Wildman–Crippen MR) is 132 cm³/mol. The number of hydrogen-bond acceptors (Lipinski definition) is 7. The van der Waals surface area contributed by atoms with Crippen molar-refractivity contribution in [1.82, 2.24) is 14.9 Å². The lowest BCUT2D eigenvalue weighted by molar-refractivity contribution is -0.140. The quantitative estimate of drug-likeness (QED) is 0.443. The molecule has 3 aromatic rings. The number of nitrogens with zero attached hydrogens (tertiary/aromatic N) is 4. The molecule has 0 radical (unpaired) electrons. The fourth-order valence-electron chi connectivity index (χ4n) is 3.88. The van der Waals surface area contributed by atoms with Gasteiger partial charge in [-0.25, -0.2) is 22.8 Å². The van der Waals surface area contributed by atoms with Crippen molar-refractivity contribution in [3.05, 3.63) is 72.4 Å². The maximum absolute atomic E-state index is 13.5. The summed E-state index contributed by atoms with van der Waals surface area (Å²) in [5.41, 5.74) is -0.708. The topological polar surface area (TPSA) is 105 Å². The Morgan fingerprint density at radius 1 is 1.08 bits per heavy atom. The number of sulfonamides is 1. The van der Waals surface area contributed by atoms with E-state index in [0.717, 1.165) is 11.8 Å². The van der Waals surface area contributed by atoms with Crippen LogP contribution in [0.3, 0.4) is 0 Å². The molecule has 4 rings (SSSR count). The van der Waals surface area contributed by atoms with Gasteiger partial charge in [0.05, 0.1) is 10.5 Å². The Morgan fingerprint density at radius 3 is 2.37 bits per heavy atom. The summed E-state index contributed by atoms with van der Waals surface area (Å²) in [4.78, 5) is 23.9. The highest BCUT2D eigenvalue weighted by molar-refractivity contribution is 7.92. The van der Waals surface area contributed by atoms with Crippen LogP contribution < -0.4 is 14.4 Å². The van der Waals surface area contributed by atoms with Crippen LogP contribution in [0.15, 0.2) is 66.0 Å². The largest absolute Gasteiger partial charge is 0.481 e. The molecule has 0 spiro atoms. The molecule has 38 heavy (non-hydrogen) atoms. The summed E-state index contributed by atoms with van der Waals surface area (Å²) in [5.74, 6) is -1.96. The smallest absolute Gasteiger partial charge is 0.419 e. The van der Waals surface area contributed by atoms with Gasteiger partial charge in [-0.1, -0.05) is 0 Å². The number of ether oxygens (including phenoxy) is 1. The van der Waals surface area contributed by atoms with Crippen molar-refractivity contribution in [3.63, 3.8) is 0 Å². The van der Waals surface area contributed by atoms with Gasteiger partial charge < -0.3 is 14.5 Å². The zero-order chi connectivity index (χ0) is 27.5. The van der Waals surface area contributed by atoms with Gasteiger partial charge in [-0.3, -0.25) is 9.52 Å². The van der Waals surface area contributed by atoms with E-state index in [4.69, 9.17) is 4.74 Å². The molecule has 0 saturated carbocycles. The van der Waals surface area contributed by atoms with Crippen LogP contribution >= 0.6 is 0 Å². The van der Waals surface area contributed by atoms with Crippen LogP contribution in [0.4, 0.5) is 29.1 Å². The molecule has 1 N–H and O–H groups in total. The fourth-order valence-corrected chi connectivity index (χ4v) is 4.88. The van der Waals surface area contributed by atoms with E-state index in [0.29, 0.717) is 38.3 Å². The van der Waals surface area contributed by atoms with E-state index in [1.54, 1.807) is 12.1 Å². The van der Waals surface area contributed by atoms with Crippen molar-refractivity contribution in [3.8, 4) is 5.75 Å². The average molecular weight is 556 g/mol. The van der Waals surface area contributed by atoms with E-state index < -0.39 is 39.6 Å². The summed E-state index contributed by atoms with van der Waals surface area (Å²) in [5, 5.41) is 0. The van der Waals surface area contributed by atoms with Crippen LogP contribution in [0.1, 0.15) is 13.9 Å². The van der Waals surface area contributed by atoms with Crippen molar-refractivity contribution in [2.24, 2.45) is 0 Å². The predicted octanol–water partition coefficient (Wildman–Crippen LogP) is 3.80. The van der Waals surface area contributed by atoms with Crippen LogP contribution in [-0.4, -0.2) is 61.5 Å². The maximum Gasteiger partial charge on any atom is 0.419 e. The molecule has 1 aromatic heterocycles. The molecule has 1 aliphatic heterocycles. The molecular formula is C24H25F4N5O4S. The first-order chi connectivity index (χ1) is 17.9. The molecule has 0 bridgehead atoms. The number of nitrogens with one attached hydrogen (secondary N) is 1. The molecule has 2 aromatic carbocycles. The lowest BCUT2D eigenvalue weighted by atomic mass is 10.2. The van der Waals surface area contributed by atoms with Gasteiger partial charge in [0.1, 0.15) is 23.7 Å². The number of aromatic nitrogens is 2. The Kier molecular flexibility index (Phi) is 7.71. The Morgan fingerprint density at radius 2 is 1.76 bits per heavy atom. The van der Waals surface area contributed by atoms with Crippen molar-refractivity contribution in [2.75, 3.05) is 35.8 Å². The number of anilines is 2. The minimum atomic E-state index is -4.89. The second-order valence-electron chi connectivity index (χ2n) is 8.41. The summed E-state index contributed by atoms with van der Waals surface area (Å²) in [7, 11) is -3.84. The average Bonchev–Trinajstić information content (AvgIpc) is 2.89. The third-order valence-corrected chi connectivity index (χ3v) is 7.20. The number of benzene rings is 2. The standard InChI is InChI=1S/C24H23F4N5O4S.H2/c1-16(37-18-4-7-21(25)20(14-18)24(26,27)28)23(34)33-12-10-32(11-13-33)17-2-5-19(6-3-17)38(35,36)31-22-8-9-29-15-30-22;/h2-9,14-16H,10-13H2,1H3,(H,29,30,31);1H. The molecule has 1 amide bonds. The summed E-state index contributed by atoms with van der Waals surface area (Å²) in [6.45, 7) is 2.94. The molecule has 1 aliphatic rings. The Bertz CT molecular complexity index is 1390. The van der Waals surface area contributed by atoms with Crippen molar-refractivity contribution in [2.45, 2.75) is 24.1 Å². The number of amides is 1. The molecule has 1 fully saturated rings. The minimum absolute atomic E-state index is 0. The Balaban J connectivity index is 0.00000420. The highest BCUT2D eigenvalue weighted by atomic mass is 32.2. The Labute approximate surface area is 217 Å². The lowest BCUT2D eigenvalue weighted by Crippen LogP contribution is -2.52. The summed E-state index contributed by atoms with van der Waals surface area (Å²) >= 11 is 0. The second kappa shape index (κ2) is 10.8. The molecule has 2 heterocycles. The van der Waals surface area contributed by atoms with Crippen molar-refractivity contribution >= 4 is 27.4 Å². The van der Waals surface area contributed by atoms with E-state index in [1.807, 2.05) is 4.90 Å². The first-order valence-corrected chi connectivity index (χ1v) is 12.9. The van der Waals surface area contributed by atoms with Gasteiger partial charge in [0.15, 0.2) is 6.10 Å². The normalized spacial score (nSPS) is 15.2. The van der Waals surface area contributed by atoms with Crippen LogP contribution in [0.5, 0.6) is 5.75 Å². The monoisotopic (exact) mass is 555 g/mol. The molecule has 1 saturated heterocycles. The second-order valence-corrected chi connectivity index (χ2v) is 10.1. The summed E-state index contributed by atoms with van der Waals surface area (Å²) in [6, 6.07) is 9.89. The van der Waals surface area contributed by atoms with Crippen LogP contribution in [0.2, 0.25) is 0 Å². The summed E-state index contributed by atoms with van der Waals surface area (Å²) in [6.07, 6.45) is -3.33. The van der Waals surface area contributed by atoms with Gasteiger partial charge in [-0.15, -0.1) is 0 Å². The molecule has 1 unspecified atom stereocenters. The summed E-state index contributed by atoms with van der Waals surface area (Å²) < 4.78 is 85.2. The zero-order valence-electron chi connectivity index (χ0n) is 20.0. The van der Waals surface area contributed by atoms with E-state index >= 15 is 0 Å². The van der Waals surface area contributed by atoms with E-state index in [1.165, 1.54) is 42.5 Å². The molecule has 9 nitrogen and oxygen atoms in total. The Hall–Kier alpha value is -3.94. The third-order valence-electron chi connectivity index (χ3n) is 5.83. The number of halogens is 4. The molecule has 204 valence electrons. The van der Waals surface area contributed by atoms with Gasteiger partial charge in [0, 0.05) is 39.5 Å². The highest BCUT2D eigenvalue weighted by Crippen LogP contribution is 2.34. The number of alkyl halides is 3. The first-order valence-electron chi connectivity index (χ1n) is 11.4. The number of piperazine rings is 1. The van der Waals surface area contributed by atoms with E-state index in [-0.39, 0.29) is 17.9 Å². The minimum Gasteiger partial charge on any atom is -0.481 e. The van der Waals surface area contributed by atoms with Crippen molar-refractivity contribution < 1.29 is 36.9 Å². The van der Waals surface area contributed by atoms with Crippen LogP contribution in [0, 0.1) is 5.82 Å². The van der Waals surface area contributed by atoms with Gasteiger partial charge in [-0.2, -0.15) is 13.2 Å². The number of rotatable bonds is 7. The zero-order valence-corrected chi connectivity index (χ0v) is 20.8. The molecular weight excluding hydrogens is 530 g/mol.